The minimum absolute atomic E-state index is 0.684. The summed E-state index contributed by atoms with van der Waals surface area (Å²) in [5.41, 5.74) is 0. The first-order valence-electron chi connectivity index (χ1n) is 8.12. The Morgan fingerprint density at radius 3 is 2.95 bits per heavy atom. The molecule has 1 aromatic rings. The zero-order valence-corrected chi connectivity index (χ0v) is 12.8. The molecule has 2 atom stereocenters. The van der Waals surface area contributed by atoms with Crippen molar-refractivity contribution in [2.75, 3.05) is 20.1 Å². The van der Waals surface area contributed by atoms with Crippen LogP contribution in [0.25, 0.3) is 0 Å². The van der Waals surface area contributed by atoms with Crippen LogP contribution in [0.2, 0.25) is 0 Å². The molecule has 2 aliphatic heterocycles. The zero-order valence-electron chi connectivity index (χ0n) is 12.8. The fourth-order valence-corrected chi connectivity index (χ4v) is 3.73. The van der Waals surface area contributed by atoms with Gasteiger partial charge in [0.15, 0.2) is 0 Å². The number of fused-ring (bicyclic) bond motifs is 1. The van der Waals surface area contributed by atoms with Gasteiger partial charge in [-0.15, -0.1) is 10.2 Å². The Balaban J connectivity index is 1.65. The van der Waals surface area contributed by atoms with E-state index in [0.29, 0.717) is 6.04 Å². The van der Waals surface area contributed by atoms with Crippen molar-refractivity contribution in [2.45, 2.75) is 58.2 Å². The molecule has 20 heavy (non-hydrogen) atoms. The second kappa shape index (κ2) is 6.22. The van der Waals surface area contributed by atoms with Crippen LogP contribution in [0.15, 0.2) is 0 Å². The van der Waals surface area contributed by atoms with Crippen LogP contribution in [0.1, 0.15) is 44.3 Å². The van der Waals surface area contributed by atoms with Gasteiger partial charge < -0.3 is 9.88 Å². The van der Waals surface area contributed by atoms with Gasteiger partial charge in [0, 0.05) is 32.1 Å². The van der Waals surface area contributed by atoms with Gasteiger partial charge in [0.25, 0.3) is 0 Å². The van der Waals surface area contributed by atoms with Crippen LogP contribution in [0.4, 0.5) is 0 Å². The Kier molecular flexibility index (Phi) is 4.36. The van der Waals surface area contributed by atoms with E-state index in [4.69, 9.17) is 0 Å². The van der Waals surface area contributed by atoms with Crippen molar-refractivity contribution in [3.05, 3.63) is 11.6 Å². The summed E-state index contributed by atoms with van der Waals surface area (Å²) in [4.78, 5) is 2.56. The molecule has 0 aromatic carbocycles. The lowest BCUT2D eigenvalue weighted by atomic mass is 9.90. The molecule has 0 aliphatic carbocycles. The van der Waals surface area contributed by atoms with Gasteiger partial charge in [0.05, 0.1) is 6.54 Å². The zero-order chi connectivity index (χ0) is 13.9. The summed E-state index contributed by atoms with van der Waals surface area (Å²) in [6.45, 7) is 6.74. The van der Waals surface area contributed by atoms with Gasteiger partial charge >= 0.3 is 0 Å². The van der Waals surface area contributed by atoms with Crippen LogP contribution in [0.5, 0.6) is 0 Å². The van der Waals surface area contributed by atoms with Gasteiger partial charge in [-0.3, -0.25) is 4.90 Å². The molecule has 2 aliphatic rings. The summed E-state index contributed by atoms with van der Waals surface area (Å²) < 4.78 is 2.36. The highest BCUT2D eigenvalue weighted by atomic mass is 15.3. The van der Waals surface area contributed by atoms with E-state index in [1.807, 2.05) is 0 Å². The monoisotopic (exact) mass is 277 g/mol. The first-order chi connectivity index (χ1) is 9.81. The molecule has 0 spiro atoms. The molecular formula is C15H27N5. The van der Waals surface area contributed by atoms with E-state index in [-0.39, 0.29) is 0 Å². The Labute approximate surface area is 121 Å². The van der Waals surface area contributed by atoms with Crippen molar-refractivity contribution < 1.29 is 0 Å². The van der Waals surface area contributed by atoms with Crippen LogP contribution in [-0.2, 0) is 19.5 Å². The largest absolute Gasteiger partial charge is 0.317 e. The van der Waals surface area contributed by atoms with Crippen LogP contribution < -0.4 is 5.32 Å². The molecule has 0 radical (unpaired) electrons. The van der Waals surface area contributed by atoms with E-state index in [0.717, 1.165) is 25.4 Å². The van der Waals surface area contributed by atoms with Crippen LogP contribution in [0.3, 0.4) is 0 Å². The third-order valence-corrected chi connectivity index (χ3v) is 5.01. The van der Waals surface area contributed by atoms with Crippen molar-refractivity contribution in [2.24, 2.45) is 5.92 Å². The molecule has 1 N–H and O–H groups in total. The second-order valence-electron chi connectivity index (χ2n) is 6.23. The lowest BCUT2D eigenvalue weighted by molar-refractivity contribution is 0.128. The molecule has 1 saturated heterocycles. The van der Waals surface area contributed by atoms with E-state index in [1.165, 1.54) is 50.4 Å². The molecule has 2 unspecified atom stereocenters. The summed E-state index contributed by atoms with van der Waals surface area (Å²) in [6.07, 6.45) is 6.14. The molecule has 1 fully saturated rings. The molecule has 3 heterocycles. The van der Waals surface area contributed by atoms with Crippen molar-refractivity contribution in [3.8, 4) is 0 Å². The minimum atomic E-state index is 0.684. The molecule has 0 saturated carbocycles. The minimum Gasteiger partial charge on any atom is -0.317 e. The maximum atomic E-state index is 4.44. The third kappa shape index (κ3) is 2.74. The van der Waals surface area contributed by atoms with Gasteiger partial charge in [-0.2, -0.15) is 0 Å². The maximum absolute atomic E-state index is 4.44. The lowest BCUT2D eigenvalue weighted by Gasteiger charge is -2.38. The van der Waals surface area contributed by atoms with E-state index < -0.39 is 0 Å². The Morgan fingerprint density at radius 2 is 2.15 bits per heavy atom. The summed E-state index contributed by atoms with van der Waals surface area (Å²) in [5.74, 6) is 3.14. The van der Waals surface area contributed by atoms with Gasteiger partial charge in [0.1, 0.15) is 11.6 Å². The van der Waals surface area contributed by atoms with Crippen LogP contribution >= 0.6 is 0 Å². The number of aryl methyl sites for hydroxylation is 1. The van der Waals surface area contributed by atoms with E-state index in [1.54, 1.807) is 0 Å². The average Bonchev–Trinajstić information content (AvgIpc) is 2.90. The summed E-state index contributed by atoms with van der Waals surface area (Å²) in [7, 11) is 2.10. The van der Waals surface area contributed by atoms with Crippen molar-refractivity contribution >= 4 is 0 Å². The normalized spacial score (nSPS) is 27.5. The summed E-state index contributed by atoms with van der Waals surface area (Å²) in [6, 6.07) is 0.684. The summed E-state index contributed by atoms with van der Waals surface area (Å²) >= 11 is 0. The number of hydrogen-bond acceptors (Lipinski definition) is 4. The highest BCUT2D eigenvalue weighted by Gasteiger charge is 2.28. The fourth-order valence-electron chi connectivity index (χ4n) is 3.73. The standard InChI is InChI=1S/C15H27N5/c1-3-12-10-19(9-7-13(12)16-2)11-15-18-17-14-6-4-5-8-20(14)15/h12-13,16H,3-11H2,1-2H3. The molecule has 0 bridgehead atoms. The van der Waals surface area contributed by atoms with E-state index in [9.17, 15) is 0 Å². The second-order valence-corrected chi connectivity index (χ2v) is 6.23. The number of rotatable bonds is 4. The van der Waals surface area contributed by atoms with Gasteiger partial charge in [-0.05, 0) is 32.2 Å². The van der Waals surface area contributed by atoms with Gasteiger partial charge in [-0.25, -0.2) is 0 Å². The highest BCUT2D eigenvalue weighted by Crippen LogP contribution is 2.22. The Bertz CT molecular complexity index is 441. The number of piperidine rings is 1. The molecule has 5 heteroatoms. The molecule has 5 nitrogen and oxygen atoms in total. The lowest BCUT2D eigenvalue weighted by Crippen LogP contribution is -2.48. The highest BCUT2D eigenvalue weighted by molar-refractivity contribution is 4.99. The number of hydrogen-bond donors (Lipinski definition) is 1. The van der Waals surface area contributed by atoms with Crippen molar-refractivity contribution in [1.82, 2.24) is 25.0 Å². The quantitative estimate of drug-likeness (QED) is 0.904. The fraction of sp³-hybridized carbons (Fsp3) is 0.867. The van der Waals surface area contributed by atoms with Crippen molar-refractivity contribution in [3.63, 3.8) is 0 Å². The molecule has 1 aromatic heterocycles. The number of nitrogens with one attached hydrogen (secondary N) is 1. The number of aromatic nitrogens is 3. The predicted molar refractivity (Wildman–Crippen MR) is 79.5 cm³/mol. The van der Waals surface area contributed by atoms with Crippen LogP contribution in [0, 0.1) is 5.92 Å². The van der Waals surface area contributed by atoms with E-state index >= 15 is 0 Å². The Hall–Kier alpha value is -0.940. The van der Waals surface area contributed by atoms with E-state index in [2.05, 4.69) is 39.0 Å². The number of likely N-dealkylation sites (tertiary alicyclic amines) is 1. The van der Waals surface area contributed by atoms with Crippen LogP contribution in [-0.4, -0.2) is 45.8 Å². The van der Waals surface area contributed by atoms with Gasteiger partial charge in [-0.1, -0.05) is 13.3 Å². The maximum Gasteiger partial charge on any atom is 0.147 e. The molecule has 3 rings (SSSR count). The Morgan fingerprint density at radius 1 is 1.25 bits per heavy atom. The number of nitrogens with zero attached hydrogens (tertiary/aromatic N) is 4. The molecule has 112 valence electrons. The smallest absolute Gasteiger partial charge is 0.147 e. The molecule has 0 amide bonds. The first kappa shape index (κ1) is 14.0. The first-order valence-corrected chi connectivity index (χ1v) is 8.12. The molecular weight excluding hydrogens is 250 g/mol. The topological polar surface area (TPSA) is 46.0 Å². The SMILES string of the molecule is CCC1CN(Cc2nnc3n2CCCC3)CCC1NC. The summed E-state index contributed by atoms with van der Waals surface area (Å²) in [5, 5.41) is 12.3. The van der Waals surface area contributed by atoms with Crippen molar-refractivity contribution in [1.29, 1.82) is 0 Å². The average molecular weight is 277 g/mol. The third-order valence-electron chi connectivity index (χ3n) is 5.01. The predicted octanol–water partition coefficient (Wildman–Crippen LogP) is 1.43. The van der Waals surface area contributed by atoms with Gasteiger partial charge in [0.2, 0.25) is 0 Å².